The van der Waals surface area contributed by atoms with Gasteiger partial charge in [0.05, 0.1) is 25.6 Å². The van der Waals surface area contributed by atoms with Crippen LogP contribution >= 0.6 is 0 Å². The first kappa shape index (κ1) is 16.7. The Morgan fingerprint density at radius 1 is 1.00 bits per heavy atom. The number of aromatic hydroxyl groups is 1. The zero-order chi connectivity index (χ0) is 19.4. The van der Waals surface area contributed by atoms with Gasteiger partial charge in [-0.05, 0) is 29.3 Å². The van der Waals surface area contributed by atoms with Crippen LogP contribution in [0.4, 0.5) is 5.69 Å². The van der Waals surface area contributed by atoms with Gasteiger partial charge >= 0.3 is 5.97 Å². The predicted octanol–water partition coefficient (Wildman–Crippen LogP) is 2.53. The van der Waals surface area contributed by atoms with Crippen molar-refractivity contribution in [2.75, 3.05) is 27.6 Å². The Hall–Kier alpha value is -3.42. The summed E-state index contributed by atoms with van der Waals surface area (Å²) in [7, 11) is 2.92. The molecular weight excluding hydrogens is 366 g/mol. The normalized spacial score (nSPS) is 21.5. The minimum Gasteiger partial charge on any atom is -0.502 e. The number of cyclic esters (lactones) is 1. The van der Waals surface area contributed by atoms with Gasteiger partial charge in [-0.25, -0.2) is 0 Å². The van der Waals surface area contributed by atoms with E-state index in [-0.39, 0.29) is 36.6 Å². The van der Waals surface area contributed by atoms with E-state index in [0.717, 1.165) is 11.1 Å². The van der Waals surface area contributed by atoms with Gasteiger partial charge in [-0.15, -0.1) is 0 Å². The topological polar surface area (TPSA) is 95.8 Å². The van der Waals surface area contributed by atoms with Crippen LogP contribution in [0.5, 0.6) is 28.7 Å². The quantitative estimate of drug-likeness (QED) is 0.814. The number of carbonyl (C=O) groups is 1. The van der Waals surface area contributed by atoms with Crippen molar-refractivity contribution >= 4 is 17.4 Å². The highest BCUT2D eigenvalue weighted by Crippen LogP contribution is 2.51. The van der Waals surface area contributed by atoms with Crippen LogP contribution in [0.1, 0.15) is 17.0 Å². The molecule has 144 valence electrons. The Morgan fingerprint density at radius 3 is 2.36 bits per heavy atom. The highest BCUT2D eigenvalue weighted by Gasteiger charge is 2.45. The molecule has 2 aromatic carbocycles. The number of esters is 1. The number of aliphatic imine (C=N–C) groups is 1. The van der Waals surface area contributed by atoms with Crippen molar-refractivity contribution in [3.8, 4) is 28.7 Å². The van der Waals surface area contributed by atoms with Crippen LogP contribution in [0.15, 0.2) is 29.3 Å². The lowest BCUT2D eigenvalue weighted by molar-refractivity contribution is -0.141. The largest absolute Gasteiger partial charge is 0.502 e. The molecule has 8 nitrogen and oxygen atoms in total. The Bertz CT molecular complexity index is 1000. The lowest BCUT2D eigenvalue weighted by atomic mass is 9.76. The molecule has 0 aliphatic carbocycles. The molecule has 0 saturated carbocycles. The zero-order valence-corrected chi connectivity index (χ0v) is 15.2. The Labute approximate surface area is 160 Å². The van der Waals surface area contributed by atoms with Crippen LogP contribution in [0.25, 0.3) is 0 Å². The van der Waals surface area contributed by atoms with Crippen molar-refractivity contribution in [1.82, 2.24) is 0 Å². The van der Waals surface area contributed by atoms with E-state index in [2.05, 4.69) is 4.99 Å². The van der Waals surface area contributed by atoms with Gasteiger partial charge in [0.25, 0.3) is 0 Å². The number of benzene rings is 2. The van der Waals surface area contributed by atoms with E-state index in [4.69, 9.17) is 23.7 Å². The number of nitrogens with zero attached hydrogens (tertiary/aromatic N) is 1. The van der Waals surface area contributed by atoms with Gasteiger partial charge in [-0.1, -0.05) is 0 Å². The minimum atomic E-state index is -0.563. The van der Waals surface area contributed by atoms with Crippen LogP contribution in [0.2, 0.25) is 0 Å². The number of rotatable bonds is 3. The average molecular weight is 383 g/mol. The second kappa shape index (κ2) is 6.05. The van der Waals surface area contributed by atoms with E-state index in [1.165, 1.54) is 14.2 Å². The standard InChI is InChI=1S/C20H17NO7/c1-24-15-3-9(4-16(25-2)19(15)22)17-10-5-13-14(28-8-27-13)6-11(10)21-12-7-26-20(23)18(12)17/h3-6,17-18,22H,7-8H2,1-2H3. The van der Waals surface area contributed by atoms with Gasteiger partial charge in [-0.2, -0.15) is 0 Å². The SMILES string of the molecule is COc1cc(C2c3cc4c(cc3N=C3COC(=O)C32)OCO4)cc(OC)c1O. The highest BCUT2D eigenvalue weighted by atomic mass is 16.7. The molecule has 0 amide bonds. The summed E-state index contributed by atoms with van der Waals surface area (Å²) < 4.78 is 26.9. The van der Waals surface area contributed by atoms with E-state index in [1.807, 2.05) is 12.1 Å². The molecule has 1 fully saturated rings. The molecule has 28 heavy (non-hydrogen) atoms. The lowest BCUT2D eigenvalue weighted by Crippen LogP contribution is -2.28. The number of phenolic OH excluding ortho intramolecular Hbond substituents is 1. The number of hydrogen-bond donors (Lipinski definition) is 1. The number of ether oxygens (including phenoxy) is 5. The van der Waals surface area contributed by atoms with Crippen molar-refractivity contribution in [1.29, 1.82) is 0 Å². The molecule has 8 heteroatoms. The molecule has 2 atom stereocenters. The summed E-state index contributed by atoms with van der Waals surface area (Å²) in [6.45, 7) is 0.298. The number of fused-ring (bicyclic) bond motifs is 3. The van der Waals surface area contributed by atoms with Crippen molar-refractivity contribution in [3.05, 3.63) is 35.4 Å². The van der Waals surface area contributed by atoms with Crippen LogP contribution in [-0.2, 0) is 9.53 Å². The van der Waals surface area contributed by atoms with Crippen molar-refractivity contribution in [2.45, 2.75) is 5.92 Å². The molecule has 0 radical (unpaired) electrons. The highest BCUT2D eigenvalue weighted by molar-refractivity contribution is 6.11. The van der Waals surface area contributed by atoms with E-state index < -0.39 is 11.8 Å². The summed E-state index contributed by atoms with van der Waals surface area (Å²) in [4.78, 5) is 17.2. The summed E-state index contributed by atoms with van der Waals surface area (Å²) in [6.07, 6.45) is 0. The molecule has 0 spiro atoms. The third-order valence-corrected chi connectivity index (χ3v) is 5.29. The molecule has 2 unspecified atom stereocenters. The fraction of sp³-hybridized carbons (Fsp3) is 0.300. The van der Waals surface area contributed by atoms with Crippen LogP contribution in [-0.4, -0.2) is 44.4 Å². The van der Waals surface area contributed by atoms with Gasteiger partial charge in [0, 0.05) is 12.0 Å². The second-order valence-corrected chi connectivity index (χ2v) is 6.70. The summed E-state index contributed by atoms with van der Waals surface area (Å²) >= 11 is 0. The van der Waals surface area contributed by atoms with E-state index in [1.54, 1.807) is 12.1 Å². The van der Waals surface area contributed by atoms with E-state index in [0.29, 0.717) is 22.9 Å². The van der Waals surface area contributed by atoms with E-state index in [9.17, 15) is 9.90 Å². The van der Waals surface area contributed by atoms with Crippen molar-refractivity contribution in [2.24, 2.45) is 10.9 Å². The molecule has 1 saturated heterocycles. The molecular formula is C20H17NO7. The van der Waals surface area contributed by atoms with Gasteiger partial charge in [0.15, 0.2) is 23.0 Å². The van der Waals surface area contributed by atoms with Crippen LogP contribution < -0.4 is 18.9 Å². The number of carbonyl (C=O) groups excluding carboxylic acids is 1. The lowest BCUT2D eigenvalue weighted by Gasteiger charge is -2.28. The maximum Gasteiger partial charge on any atom is 0.316 e. The fourth-order valence-corrected chi connectivity index (χ4v) is 3.98. The molecule has 2 aromatic rings. The summed E-state index contributed by atoms with van der Waals surface area (Å²) in [6, 6.07) is 7.06. The predicted molar refractivity (Wildman–Crippen MR) is 97.2 cm³/mol. The number of methoxy groups -OCH3 is 2. The molecule has 5 rings (SSSR count). The molecule has 3 heterocycles. The van der Waals surface area contributed by atoms with E-state index >= 15 is 0 Å². The Kier molecular flexibility index (Phi) is 3.61. The zero-order valence-electron chi connectivity index (χ0n) is 15.2. The molecule has 3 aliphatic heterocycles. The first-order valence-electron chi connectivity index (χ1n) is 8.73. The second-order valence-electron chi connectivity index (χ2n) is 6.70. The smallest absolute Gasteiger partial charge is 0.316 e. The fourth-order valence-electron chi connectivity index (χ4n) is 3.98. The third kappa shape index (κ3) is 2.30. The molecule has 3 aliphatic rings. The van der Waals surface area contributed by atoms with Crippen molar-refractivity contribution in [3.63, 3.8) is 0 Å². The third-order valence-electron chi connectivity index (χ3n) is 5.29. The van der Waals surface area contributed by atoms with Gasteiger partial charge < -0.3 is 28.8 Å². The maximum absolute atomic E-state index is 12.5. The average Bonchev–Trinajstić information content (AvgIpc) is 3.31. The molecule has 0 bridgehead atoms. The van der Waals surface area contributed by atoms with Gasteiger partial charge in [0.1, 0.15) is 12.5 Å². The van der Waals surface area contributed by atoms with Gasteiger partial charge in [-0.3, -0.25) is 9.79 Å². The van der Waals surface area contributed by atoms with Crippen LogP contribution in [0, 0.1) is 5.92 Å². The minimum absolute atomic E-state index is 0.0987. The van der Waals surface area contributed by atoms with Crippen LogP contribution in [0.3, 0.4) is 0 Å². The Balaban J connectivity index is 1.74. The van der Waals surface area contributed by atoms with Crippen molar-refractivity contribution < 1.29 is 33.6 Å². The monoisotopic (exact) mass is 383 g/mol. The Morgan fingerprint density at radius 2 is 1.68 bits per heavy atom. The van der Waals surface area contributed by atoms with Gasteiger partial charge in [0.2, 0.25) is 12.5 Å². The first-order chi connectivity index (χ1) is 13.6. The number of phenols is 1. The summed E-state index contributed by atoms with van der Waals surface area (Å²) in [5.74, 6) is 0.343. The summed E-state index contributed by atoms with van der Waals surface area (Å²) in [5, 5.41) is 10.3. The number of hydrogen-bond acceptors (Lipinski definition) is 8. The maximum atomic E-state index is 12.5. The molecule has 1 N–H and O–H groups in total. The molecule has 0 aromatic heterocycles. The first-order valence-corrected chi connectivity index (χ1v) is 8.73. The summed E-state index contributed by atoms with van der Waals surface area (Å²) in [5.41, 5.74) is 2.91.